The Labute approximate surface area is 174 Å². The lowest BCUT2D eigenvalue weighted by Crippen LogP contribution is -2.55. The van der Waals surface area contributed by atoms with Crippen molar-refractivity contribution in [2.75, 3.05) is 40.1 Å². The molecule has 0 aliphatic heterocycles. The van der Waals surface area contributed by atoms with Gasteiger partial charge in [-0.15, -0.1) is 0 Å². The number of amidine groups is 1. The number of nitrogens with zero attached hydrogens (tertiary/aromatic N) is 2. The Morgan fingerprint density at radius 1 is 1.34 bits per heavy atom. The van der Waals surface area contributed by atoms with E-state index in [0.717, 1.165) is 17.9 Å². The Bertz CT molecular complexity index is 628. The van der Waals surface area contributed by atoms with Gasteiger partial charge in [0.2, 0.25) is 6.41 Å². The molecule has 9 heteroatoms. The quantitative estimate of drug-likeness (QED) is 0.149. The molecular weight excluding hydrogens is 393 g/mol. The molecule has 0 spiro atoms. The number of amides is 1. The van der Waals surface area contributed by atoms with Crippen LogP contribution in [0.5, 0.6) is 0 Å². The van der Waals surface area contributed by atoms with Crippen LogP contribution in [0.1, 0.15) is 40.0 Å². The molecule has 1 amide bonds. The number of carbonyl (C=O) groups excluding carboxylic acids is 1. The van der Waals surface area contributed by atoms with Crippen LogP contribution >= 0.6 is 7.60 Å². The third-order valence-electron chi connectivity index (χ3n) is 4.89. The van der Waals surface area contributed by atoms with Crippen LogP contribution in [0.15, 0.2) is 29.3 Å². The van der Waals surface area contributed by atoms with Crippen molar-refractivity contribution >= 4 is 19.8 Å². The lowest BCUT2D eigenvalue weighted by atomic mass is 9.97. The number of nitrogens with one attached hydrogen (secondary N) is 1. The fraction of sp³-hybridized carbons (Fsp3) is 0.700. The van der Waals surface area contributed by atoms with E-state index in [4.69, 9.17) is 13.9 Å². The first-order chi connectivity index (χ1) is 13.9. The molecule has 1 aliphatic carbocycles. The van der Waals surface area contributed by atoms with Crippen molar-refractivity contribution in [3.05, 3.63) is 24.3 Å². The molecule has 0 aromatic rings. The molecule has 2 atom stereocenters. The Balaban J connectivity index is 2.79. The normalized spacial score (nSPS) is 19.2. The van der Waals surface area contributed by atoms with Gasteiger partial charge in [-0.05, 0) is 53.0 Å². The lowest BCUT2D eigenvalue weighted by molar-refractivity contribution is -0.150. The summed E-state index contributed by atoms with van der Waals surface area (Å²) in [5, 5.41) is 4.33. The second kappa shape index (κ2) is 13.1. The van der Waals surface area contributed by atoms with E-state index in [1.165, 1.54) is 0 Å². The average molecular weight is 429 g/mol. The Morgan fingerprint density at radius 3 is 2.52 bits per heavy atom. The number of hydrogen-bond acceptors (Lipinski definition) is 7. The molecule has 0 saturated heterocycles. The first-order valence-corrected chi connectivity index (χ1v) is 11.9. The maximum Gasteiger partial charge on any atom is 0.330 e. The molecule has 0 saturated carbocycles. The van der Waals surface area contributed by atoms with Gasteiger partial charge in [-0.25, -0.2) is 0 Å². The molecule has 8 nitrogen and oxygen atoms in total. The summed E-state index contributed by atoms with van der Waals surface area (Å²) in [5.41, 5.74) is -0.757. The van der Waals surface area contributed by atoms with Gasteiger partial charge in [0, 0.05) is 7.05 Å². The van der Waals surface area contributed by atoms with Crippen molar-refractivity contribution < 1.29 is 23.2 Å². The third kappa shape index (κ3) is 8.15. The van der Waals surface area contributed by atoms with E-state index >= 15 is 0 Å². The molecule has 0 aromatic carbocycles. The zero-order chi connectivity index (χ0) is 21.8. The summed E-state index contributed by atoms with van der Waals surface area (Å²) < 4.78 is 23.6. The second-order valence-electron chi connectivity index (χ2n) is 6.91. The van der Waals surface area contributed by atoms with Crippen molar-refractivity contribution in [1.29, 1.82) is 0 Å². The summed E-state index contributed by atoms with van der Waals surface area (Å²) in [7, 11) is 0.151. The number of hydrogen-bond donors (Lipinski definition) is 1. The molecule has 166 valence electrons. The van der Waals surface area contributed by atoms with Crippen LogP contribution in [0.4, 0.5) is 0 Å². The molecule has 1 aliphatic rings. The van der Waals surface area contributed by atoms with Crippen molar-refractivity contribution in [1.82, 2.24) is 10.4 Å². The van der Waals surface area contributed by atoms with Crippen molar-refractivity contribution in [3.8, 4) is 0 Å². The summed E-state index contributed by atoms with van der Waals surface area (Å²) in [6, 6.07) is 0. The van der Waals surface area contributed by atoms with Gasteiger partial charge in [-0.3, -0.25) is 19.2 Å². The first kappa shape index (κ1) is 25.7. The van der Waals surface area contributed by atoms with Gasteiger partial charge in [0.15, 0.2) is 5.84 Å². The summed E-state index contributed by atoms with van der Waals surface area (Å²) in [5.74, 6) is 0.808. The highest BCUT2D eigenvalue weighted by Crippen LogP contribution is 2.49. The lowest BCUT2D eigenvalue weighted by Gasteiger charge is -2.35. The standard InChI is InChI=1S/C20H36N3O5P/c1-6-27-29(25,28-7-2)16-14-20(3,22-5)19(21-4)23(17-24)26-15-13-18-11-9-8-10-12-18/h8-11,17-18,22H,6-7,12-16H2,1-5H3. The fourth-order valence-electron chi connectivity index (χ4n) is 3.15. The maximum atomic E-state index is 12.8. The molecule has 2 unspecified atom stereocenters. The Morgan fingerprint density at radius 2 is 2.03 bits per heavy atom. The van der Waals surface area contributed by atoms with Crippen LogP contribution in [0.25, 0.3) is 0 Å². The summed E-state index contributed by atoms with van der Waals surface area (Å²) in [4.78, 5) is 21.7. The van der Waals surface area contributed by atoms with Gasteiger partial charge in [-0.1, -0.05) is 24.3 Å². The van der Waals surface area contributed by atoms with E-state index in [9.17, 15) is 9.36 Å². The minimum atomic E-state index is -3.21. The van der Waals surface area contributed by atoms with Gasteiger partial charge in [-0.2, -0.15) is 5.06 Å². The minimum absolute atomic E-state index is 0.191. The smallest absolute Gasteiger partial charge is 0.309 e. The molecule has 1 rings (SSSR count). The minimum Gasteiger partial charge on any atom is -0.309 e. The van der Waals surface area contributed by atoms with E-state index in [1.807, 2.05) is 19.1 Å². The SMILES string of the molecule is CCOP(=O)(CCC(C)(NC)C(=NC)N(C=O)OCCC1C=CC=CC1)OCC. The number of hydroxylamine groups is 2. The summed E-state index contributed by atoms with van der Waals surface area (Å²) >= 11 is 0. The third-order valence-corrected chi connectivity index (χ3v) is 6.96. The van der Waals surface area contributed by atoms with Crippen LogP contribution in [0.3, 0.4) is 0 Å². The number of rotatable bonds is 14. The van der Waals surface area contributed by atoms with Crippen LogP contribution in [-0.4, -0.2) is 62.9 Å². The van der Waals surface area contributed by atoms with Crippen LogP contribution < -0.4 is 5.32 Å². The number of carbonyl (C=O) groups is 1. The Hall–Kier alpha value is -1.31. The van der Waals surface area contributed by atoms with Crippen LogP contribution in [-0.2, 0) is 23.2 Å². The van der Waals surface area contributed by atoms with Crippen molar-refractivity contribution in [2.24, 2.45) is 10.9 Å². The van der Waals surface area contributed by atoms with E-state index in [-0.39, 0.29) is 6.16 Å². The number of aliphatic imine (C=N–C) groups is 1. The molecule has 1 N–H and O–H groups in total. The highest BCUT2D eigenvalue weighted by atomic mass is 31.2. The summed E-state index contributed by atoms with van der Waals surface area (Å²) in [6.45, 7) is 6.43. The van der Waals surface area contributed by atoms with E-state index in [2.05, 4.69) is 22.5 Å². The zero-order valence-electron chi connectivity index (χ0n) is 18.3. The predicted octanol–water partition coefficient (Wildman–Crippen LogP) is 3.56. The van der Waals surface area contributed by atoms with E-state index in [1.54, 1.807) is 27.9 Å². The molecule has 0 bridgehead atoms. The molecule has 0 aromatic heterocycles. The number of likely N-dealkylation sites (N-methyl/N-ethyl adjacent to an activating group) is 1. The topological polar surface area (TPSA) is 89.5 Å². The number of allylic oxidation sites excluding steroid dienone is 4. The van der Waals surface area contributed by atoms with Crippen LogP contribution in [0.2, 0.25) is 0 Å². The van der Waals surface area contributed by atoms with E-state index in [0.29, 0.717) is 44.4 Å². The largest absolute Gasteiger partial charge is 0.330 e. The summed E-state index contributed by atoms with van der Waals surface area (Å²) in [6.07, 6.45) is 11.3. The second-order valence-corrected chi connectivity index (χ2v) is 9.10. The highest BCUT2D eigenvalue weighted by molar-refractivity contribution is 7.53. The highest BCUT2D eigenvalue weighted by Gasteiger charge is 2.37. The molecule has 0 fully saturated rings. The fourth-order valence-corrected chi connectivity index (χ4v) is 4.99. The molecule has 29 heavy (non-hydrogen) atoms. The van der Waals surface area contributed by atoms with Gasteiger partial charge in [0.1, 0.15) is 0 Å². The molecule has 0 heterocycles. The van der Waals surface area contributed by atoms with E-state index < -0.39 is 13.1 Å². The van der Waals surface area contributed by atoms with Crippen LogP contribution in [0, 0.1) is 5.92 Å². The van der Waals surface area contributed by atoms with Gasteiger partial charge >= 0.3 is 7.60 Å². The molecular formula is C20H36N3O5P. The monoisotopic (exact) mass is 429 g/mol. The van der Waals surface area contributed by atoms with Crippen molar-refractivity contribution in [3.63, 3.8) is 0 Å². The van der Waals surface area contributed by atoms with Crippen molar-refractivity contribution in [2.45, 2.75) is 45.6 Å². The predicted molar refractivity (Wildman–Crippen MR) is 116 cm³/mol. The Kier molecular flexibility index (Phi) is 11.6. The van der Waals surface area contributed by atoms with Gasteiger partial charge in [0.05, 0.1) is 31.5 Å². The average Bonchev–Trinajstić information content (AvgIpc) is 2.73. The van der Waals surface area contributed by atoms with Gasteiger partial charge < -0.3 is 14.4 Å². The molecule has 0 radical (unpaired) electrons. The van der Waals surface area contributed by atoms with Gasteiger partial charge in [0.25, 0.3) is 0 Å². The zero-order valence-corrected chi connectivity index (χ0v) is 19.2. The first-order valence-electron chi connectivity index (χ1n) is 10.1. The maximum absolute atomic E-state index is 12.8.